The molecule has 0 fully saturated rings. The Kier molecular flexibility index (Phi) is 3.24. The second-order valence-corrected chi connectivity index (χ2v) is 5.35. The van der Waals surface area contributed by atoms with Gasteiger partial charge < -0.3 is 14.6 Å². The molecule has 3 aromatic rings. The van der Waals surface area contributed by atoms with Crippen molar-refractivity contribution in [1.82, 2.24) is 4.98 Å². The van der Waals surface area contributed by atoms with Gasteiger partial charge in [-0.25, -0.2) is 0 Å². The minimum atomic E-state index is -0.825. The van der Waals surface area contributed by atoms with Crippen LogP contribution in [0.25, 0.3) is 16.3 Å². The maximum absolute atomic E-state index is 10.9. The second kappa shape index (κ2) is 5.41. The van der Waals surface area contributed by atoms with Gasteiger partial charge in [-0.05, 0) is 29.0 Å². The lowest BCUT2D eigenvalue weighted by Crippen LogP contribution is -2.11. The standard InChI is InChI=1S/C19H15NO3/c1-22-16-7-4-10-20-18(16)14-11-23-15-9-8-12-5-2-3-6-13(12)17(15)19(14)21/h2-11,19,21H,1H3. The predicted molar refractivity (Wildman–Crippen MR) is 88.3 cm³/mol. The van der Waals surface area contributed by atoms with Gasteiger partial charge in [0.2, 0.25) is 0 Å². The summed E-state index contributed by atoms with van der Waals surface area (Å²) < 4.78 is 11.1. The summed E-state index contributed by atoms with van der Waals surface area (Å²) in [5.74, 6) is 1.26. The van der Waals surface area contributed by atoms with Gasteiger partial charge >= 0.3 is 0 Å². The van der Waals surface area contributed by atoms with Crippen molar-refractivity contribution in [3.05, 3.63) is 72.2 Å². The van der Waals surface area contributed by atoms with Crippen molar-refractivity contribution in [2.24, 2.45) is 0 Å². The lowest BCUT2D eigenvalue weighted by Gasteiger charge is -2.24. The highest BCUT2D eigenvalue weighted by Crippen LogP contribution is 2.44. The van der Waals surface area contributed by atoms with Crippen LogP contribution in [0.5, 0.6) is 11.5 Å². The monoisotopic (exact) mass is 305 g/mol. The molecule has 0 radical (unpaired) electrons. The van der Waals surface area contributed by atoms with Gasteiger partial charge in [0.05, 0.1) is 13.4 Å². The Balaban J connectivity index is 1.89. The number of rotatable bonds is 2. The Bertz CT molecular complexity index is 917. The zero-order valence-electron chi connectivity index (χ0n) is 12.6. The summed E-state index contributed by atoms with van der Waals surface area (Å²) in [7, 11) is 1.58. The second-order valence-electron chi connectivity index (χ2n) is 5.35. The molecule has 1 unspecified atom stereocenters. The molecule has 0 bridgehead atoms. The summed E-state index contributed by atoms with van der Waals surface area (Å²) in [6.45, 7) is 0. The van der Waals surface area contributed by atoms with Gasteiger partial charge in [-0.3, -0.25) is 4.98 Å². The van der Waals surface area contributed by atoms with E-state index in [0.29, 0.717) is 22.8 Å². The predicted octanol–water partition coefficient (Wildman–Crippen LogP) is 3.71. The minimum absolute atomic E-state index is 0.584. The fourth-order valence-electron chi connectivity index (χ4n) is 2.96. The van der Waals surface area contributed by atoms with Gasteiger partial charge in [0.25, 0.3) is 0 Å². The maximum atomic E-state index is 10.9. The number of methoxy groups -OCH3 is 1. The van der Waals surface area contributed by atoms with E-state index >= 15 is 0 Å². The Morgan fingerprint density at radius 3 is 2.83 bits per heavy atom. The Labute approximate surface area is 133 Å². The van der Waals surface area contributed by atoms with Gasteiger partial charge in [-0.1, -0.05) is 30.3 Å². The summed E-state index contributed by atoms with van der Waals surface area (Å²) >= 11 is 0. The first kappa shape index (κ1) is 13.8. The van der Waals surface area contributed by atoms with E-state index in [1.165, 1.54) is 0 Å². The third-order valence-corrected chi connectivity index (χ3v) is 4.08. The first-order valence-electron chi connectivity index (χ1n) is 7.35. The summed E-state index contributed by atoms with van der Waals surface area (Å²) in [6.07, 6.45) is 2.39. The van der Waals surface area contributed by atoms with Crippen molar-refractivity contribution in [1.29, 1.82) is 0 Å². The van der Waals surface area contributed by atoms with Gasteiger partial charge in [0.1, 0.15) is 23.3 Å². The zero-order chi connectivity index (χ0) is 15.8. The number of pyridine rings is 1. The highest BCUT2D eigenvalue weighted by molar-refractivity contribution is 5.91. The number of aliphatic hydroxyl groups is 1. The van der Waals surface area contributed by atoms with E-state index in [1.54, 1.807) is 25.6 Å². The van der Waals surface area contributed by atoms with E-state index in [4.69, 9.17) is 9.47 Å². The largest absolute Gasteiger partial charge is 0.494 e. The van der Waals surface area contributed by atoms with Crippen LogP contribution < -0.4 is 9.47 Å². The molecule has 1 N–H and O–H groups in total. The minimum Gasteiger partial charge on any atom is -0.494 e. The lowest BCUT2D eigenvalue weighted by atomic mass is 9.92. The van der Waals surface area contributed by atoms with Crippen LogP contribution in [-0.4, -0.2) is 17.2 Å². The number of nitrogens with zero attached hydrogens (tertiary/aromatic N) is 1. The molecule has 1 aliphatic rings. The van der Waals surface area contributed by atoms with Crippen molar-refractivity contribution in [3.8, 4) is 11.5 Å². The average Bonchev–Trinajstić information content (AvgIpc) is 2.61. The van der Waals surface area contributed by atoms with Crippen LogP contribution in [0.3, 0.4) is 0 Å². The number of aromatic nitrogens is 1. The Morgan fingerprint density at radius 2 is 1.96 bits per heavy atom. The number of ether oxygens (including phenoxy) is 2. The molecule has 0 spiro atoms. The van der Waals surface area contributed by atoms with Gasteiger partial charge in [-0.2, -0.15) is 0 Å². The van der Waals surface area contributed by atoms with Crippen LogP contribution in [0.1, 0.15) is 17.4 Å². The van der Waals surface area contributed by atoms with Crippen molar-refractivity contribution in [2.75, 3.05) is 7.11 Å². The third-order valence-electron chi connectivity index (χ3n) is 4.08. The number of hydrogen-bond donors (Lipinski definition) is 1. The summed E-state index contributed by atoms with van der Waals surface area (Å²) in [4.78, 5) is 4.34. The van der Waals surface area contributed by atoms with E-state index < -0.39 is 6.10 Å². The highest BCUT2D eigenvalue weighted by Gasteiger charge is 2.28. The molecule has 4 rings (SSSR count). The molecule has 0 aliphatic carbocycles. The van der Waals surface area contributed by atoms with Gasteiger partial charge in [0, 0.05) is 17.3 Å². The van der Waals surface area contributed by atoms with E-state index in [2.05, 4.69) is 4.98 Å². The van der Waals surface area contributed by atoms with Gasteiger partial charge in [0.15, 0.2) is 0 Å². The first-order chi connectivity index (χ1) is 11.3. The number of fused-ring (bicyclic) bond motifs is 3. The van der Waals surface area contributed by atoms with Crippen molar-refractivity contribution < 1.29 is 14.6 Å². The zero-order valence-corrected chi connectivity index (χ0v) is 12.6. The van der Waals surface area contributed by atoms with Crippen LogP contribution >= 0.6 is 0 Å². The number of hydrogen-bond acceptors (Lipinski definition) is 4. The molecule has 1 aromatic heterocycles. The van der Waals surface area contributed by atoms with Crippen LogP contribution in [0.2, 0.25) is 0 Å². The van der Waals surface area contributed by atoms with Crippen LogP contribution in [0.15, 0.2) is 61.0 Å². The molecule has 0 amide bonds. The smallest absolute Gasteiger partial charge is 0.145 e. The van der Waals surface area contributed by atoms with E-state index in [0.717, 1.165) is 16.3 Å². The number of aliphatic hydroxyl groups excluding tert-OH is 1. The fraction of sp³-hybridized carbons (Fsp3) is 0.105. The quantitative estimate of drug-likeness (QED) is 0.784. The van der Waals surface area contributed by atoms with Crippen LogP contribution in [0.4, 0.5) is 0 Å². The molecule has 2 heterocycles. The summed E-state index contributed by atoms with van der Waals surface area (Å²) in [5, 5.41) is 13.0. The van der Waals surface area contributed by atoms with E-state index in [-0.39, 0.29) is 0 Å². The maximum Gasteiger partial charge on any atom is 0.145 e. The van der Waals surface area contributed by atoms with E-state index in [9.17, 15) is 5.11 Å². The molecule has 114 valence electrons. The molecular weight excluding hydrogens is 290 g/mol. The molecule has 1 atom stereocenters. The van der Waals surface area contributed by atoms with Crippen molar-refractivity contribution in [3.63, 3.8) is 0 Å². The van der Waals surface area contributed by atoms with Crippen LogP contribution in [0, 0.1) is 0 Å². The number of benzene rings is 2. The SMILES string of the molecule is COc1cccnc1C1=COc2ccc3ccccc3c2C1O. The van der Waals surface area contributed by atoms with Crippen LogP contribution in [-0.2, 0) is 0 Å². The third kappa shape index (κ3) is 2.15. The topological polar surface area (TPSA) is 51.6 Å². The molecule has 23 heavy (non-hydrogen) atoms. The molecule has 4 heteroatoms. The summed E-state index contributed by atoms with van der Waals surface area (Å²) in [5.41, 5.74) is 1.93. The molecule has 2 aromatic carbocycles. The Morgan fingerprint density at radius 1 is 1.09 bits per heavy atom. The van der Waals surface area contributed by atoms with Crippen molar-refractivity contribution >= 4 is 16.3 Å². The lowest BCUT2D eigenvalue weighted by molar-refractivity contribution is 0.225. The fourth-order valence-corrected chi connectivity index (χ4v) is 2.96. The molecule has 0 saturated heterocycles. The highest BCUT2D eigenvalue weighted by atomic mass is 16.5. The molecule has 4 nitrogen and oxygen atoms in total. The average molecular weight is 305 g/mol. The normalized spacial score (nSPS) is 16.4. The van der Waals surface area contributed by atoms with E-state index in [1.807, 2.05) is 42.5 Å². The molecule has 0 saturated carbocycles. The van der Waals surface area contributed by atoms with Gasteiger partial charge in [-0.15, -0.1) is 0 Å². The molecule has 1 aliphatic heterocycles. The molecular formula is C19H15NO3. The first-order valence-corrected chi connectivity index (χ1v) is 7.35. The Hall–Kier alpha value is -2.85. The van der Waals surface area contributed by atoms with Crippen molar-refractivity contribution in [2.45, 2.75) is 6.10 Å². The summed E-state index contributed by atoms with van der Waals surface area (Å²) in [6, 6.07) is 15.4.